The van der Waals surface area contributed by atoms with Crippen LogP contribution in [-0.4, -0.2) is 31.3 Å². The Morgan fingerprint density at radius 1 is 1.41 bits per heavy atom. The Kier molecular flexibility index (Phi) is 6.21. The van der Waals surface area contributed by atoms with Crippen LogP contribution in [0.4, 0.5) is 5.69 Å². The molecule has 3 atom stereocenters. The third-order valence-electron chi connectivity index (χ3n) is 4.05. The maximum absolute atomic E-state index is 12.1. The highest BCUT2D eigenvalue weighted by molar-refractivity contribution is 5.94. The quantitative estimate of drug-likeness (QED) is 0.847. The monoisotopic (exact) mass is 306 g/mol. The minimum atomic E-state index is -0.255. The molecule has 1 aromatic carbocycles. The molecule has 2 rings (SSSR count). The average molecular weight is 306 g/mol. The highest BCUT2D eigenvalue weighted by Crippen LogP contribution is 2.25. The highest BCUT2D eigenvalue weighted by Gasteiger charge is 2.19. The van der Waals surface area contributed by atoms with Crippen LogP contribution in [0.25, 0.3) is 0 Å². The average Bonchev–Trinajstić information content (AvgIpc) is 2.54. The van der Waals surface area contributed by atoms with E-state index in [1.165, 1.54) is 6.42 Å². The zero-order valence-corrected chi connectivity index (χ0v) is 13.4. The molecule has 1 saturated heterocycles. The van der Waals surface area contributed by atoms with Crippen LogP contribution in [0, 0.1) is 5.92 Å². The Labute approximate surface area is 132 Å². The van der Waals surface area contributed by atoms with Crippen molar-refractivity contribution in [3.8, 4) is 5.75 Å². The molecular weight excluding hydrogens is 280 g/mol. The summed E-state index contributed by atoms with van der Waals surface area (Å²) in [5.41, 5.74) is 6.45. The van der Waals surface area contributed by atoms with Crippen LogP contribution in [0.3, 0.4) is 0 Å². The van der Waals surface area contributed by atoms with Gasteiger partial charge in [-0.05, 0) is 38.3 Å². The maximum Gasteiger partial charge on any atom is 0.228 e. The first kappa shape index (κ1) is 16.8. The van der Waals surface area contributed by atoms with Gasteiger partial charge in [0.25, 0.3) is 0 Å². The summed E-state index contributed by atoms with van der Waals surface area (Å²) in [5.74, 6) is 0.316. The standard InChI is InChI=1S/C17H26N2O3/c1-12(13(2)18)17(20)19-15-8-3-4-9-16(15)22-11-14-7-5-6-10-21-14/h3-4,8-9,12-14H,5-7,10-11,18H2,1-2H3,(H,19,20). The van der Waals surface area contributed by atoms with Crippen molar-refractivity contribution < 1.29 is 14.3 Å². The van der Waals surface area contributed by atoms with Gasteiger partial charge in [0.05, 0.1) is 17.7 Å². The third-order valence-corrected chi connectivity index (χ3v) is 4.05. The van der Waals surface area contributed by atoms with Crippen molar-refractivity contribution in [2.24, 2.45) is 11.7 Å². The van der Waals surface area contributed by atoms with Gasteiger partial charge in [0.1, 0.15) is 12.4 Å². The minimum Gasteiger partial charge on any atom is -0.489 e. The maximum atomic E-state index is 12.1. The van der Waals surface area contributed by atoms with Gasteiger partial charge >= 0.3 is 0 Å². The van der Waals surface area contributed by atoms with Gasteiger partial charge in [0, 0.05) is 12.6 Å². The third kappa shape index (κ3) is 4.71. The van der Waals surface area contributed by atoms with Gasteiger partial charge in [0.2, 0.25) is 5.91 Å². The number of para-hydroxylation sites is 2. The SMILES string of the molecule is CC(N)C(C)C(=O)Nc1ccccc1OCC1CCCCO1. The van der Waals surface area contributed by atoms with Crippen molar-refractivity contribution in [3.05, 3.63) is 24.3 Å². The molecule has 1 amide bonds. The number of nitrogens with two attached hydrogens (primary N) is 1. The van der Waals surface area contributed by atoms with E-state index >= 15 is 0 Å². The van der Waals surface area contributed by atoms with Gasteiger partial charge in [-0.3, -0.25) is 4.79 Å². The van der Waals surface area contributed by atoms with Crippen molar-refractivity contribution in [2.45, 2.75) is 45.3 Å². The van der Waals surface area contributed by atoms with Crippen LogP contribution in [0.1, 0.15) is 33.1 Å². The first-order valence-electron chi connectivity index (χ1n) is 7.98. The van der Waals surface area contributed by atoms with E-state index in [2.05, 4.69) is 5.32 Å². The number of nitrogens with one attached hydrogen (secondary N) is 1. The summed E-state index contributed by atoms with van der Waals surface area (Å²) in [6.45, 7) is 4.96. The molecule has 22 heavy (non-hydrogen) atoms. The van der Waals surface area contributed by atoms with E-state index in [0.717, 1.165) is 19.4 Å². The molecule has 5 nitrogen and oxygen atoms in total. The second-order valence-corrected chi connectivity index (χ2v) is 5.93. The predicted octanol–water partition coefficient (Wildman–Crippen LogP) is 2.56. The molecule has 122 valence electrons. The fraction of sp³-hybridized carbons (Fsp3) is 0.588. The molecule has 1 aliphatic rings. The molecule has 5 heteroatoms. The molecule has 0 saturated carbocycles. The Balaban J connectivity index is 1.95. The molecule has 3 N–H and O–H groups in total. The van der Waals surface area contributed by atoms with Gasteiger partial charge in [-0.15, -0.1) is 0 Å². The lowest BCUT2D eigenvalue weighted by Crippen LogP contribution is -2.34. The number of hydrogen-bond donors (Lipinski definition) is 2. The summed E-state index contributed by atoms with van der Waals surface area (Å²) in [4.78, 5) is 12.1. The Morgan fingerprint density at radius 2 is 2.18 bits per heavy atom. The van der Waals surface area contributed by atoms with Crippen LogP contribution in [0.2, 0.25) is 0 Å². The van der Waals surface area contributed by atoms with E-state index in [0.29, 0.717) is 18.0 Å². The number of amides is 1. The summed E-state index contributed by atoms with van der Waals surface area (Å²) in [6, 6.07) is 7.26. The fourth-order valence-corrected chi connectivity index (χ4v) is 2.30. The number of ether oxygens (including phenoxy) is 2. The lowest BCUT2D eigenvalue weighted by molar-refractivity contribution is -0.119. The smallest absolute Gasteiger partial charge is 0.228 e. The van der Waals surface area contributed by atoms with Gasteiger partial charge in [-0.25, -0.2) is 0 Å². The summed E-state index contributed by atoms with van der Waals surface area (Å²) < 4.78 is 11.5. The van der Waals surface area contributed by atoms with E-state index in [1.54, 1.807) is 0 Å². The van der Waals surface area contributed by atoms with Crippen molar-refractivity contribution in [1.82, 2.24) is 0 Å². The first-order valence-corrected chi connectivity index (χ1v) is 7.98. The Bertz CT molecular complexity index is 485. The van der Waals surface area contributed by atoms with Gasteiger partial charge in [0.15, 0.2) is 0 Å². The zero-order chi connectivity index (χ0) is 15.9. The number of rotatable bonds is 6. The Hall–Kier alpha value is -1.59. The minimum absolute atomic E-state index is 0.0973. The molecule has 1 aliphatic heterocycles. The molecule has 0 spiro atoms. The van der Waals surface area contributed by atoms with E-state index in [-0.39, 0.29) is 24.0 Å². The lowest BCUT2D eigenvalue weighted by atomic mass is 10.0. The van der Waals surface area contributed by atoms with Gasteiger partial charge in [-0.2, -0.15) is 0 Å². The molecule has 1 heterocycles. The number of carbonyl (C=O) groups excluding carboxylic acids is 1. The largest absolute Gasteiger partial charge is 0.489 e. The van der Waals surface area contributed by atoms with E-state index in [1.807, 2.05) is 38.1 Å². The lowest BCUT2D eigenvalue weighted by Gasteiger charge is -2.23. The van der Waals surface area contributed by atoms with E-state index < -0.39 is 0 Å². The van der Waals surface area contributed by atoms with Crippen LogP contribution in [0.5, 0.6) is 5.75 Å². The topological polar surface area (TPSA) is 73.6 Å². The van der Waals surface area contributed by atoms with Crippen LogP contribution >= 0.6 is 0 Å². The fourth-order valence-electron chi connectivity index (χ4n) is 2.30. The summed E-state index contributed by atoms with van der Waals surface area (Å²) in [7, 11) is 0. The van der Waals surface area contributed by atoms with Gasteiger partial charge < -0.3 is 20.5 Å². The molecule has 0 aliphatic carbocycles. The number of hydrogen-bond acceptors (Lipinski definition) is 4. The van der Waals surface area contributed by atoms with Crippen LogP contribution in [0.15, 0.2) is 24.3 Å². The first-order chi connectivity index (χ1) is 10.6. The van der Waals surface area contributed by atoms with Crippen LogP contribution in [-0.2, 0) is 9.53 Å². The van der Waals surface area contributed by atoms with Gasteiger partial charge in [-0.1, -0.05) is 19.1 Å². The second-order valence-electron chi connectivity index (χ2n) is 5.93. The highest BCUT2D eigenvalue weighted by atomic mass is 16.5. The summed E-state index contributed by atoms with van der Waals surface area (Å²) in [5, 5.41) is 2.89. The number of anilines is 1. The molecule has 3 unspecified atom stereocenters. The van der Waals surface area contributed by atoms with E-state index in [9.17, 15) is 4.79 Å². The number of benzene rings is 1. The van der Waals surface area contributed by atoms with Crippen molar-refractivity contribution in [1.29, 1.82) is 0 Å². The predicted molar refractivity (Wildman–Crippen MR) is 87.0 cm³/mol. The molecule has 0 radical (unpaired) electrons. The zero-order valence-electron chi connectivity index (χ0n) is 13.4. The number of carbonyl (C=O) groups is 1. The molecule has 0 bridgehead atoms. The van der Waals surface area contributed by atoms with E-state index in [4.69, 9.17) is 15.2 Å². The molecule has 0 aromatic heterocycles. The Morgan fingerprint density at radius 3 is 2.86 bits per heavy atom. The van der Waals surface area contributed by atoms with Crippen molar-refractivity contribution in [2.75, 3.05) is 18.5 Å². The second kappa shape index (κ2) is 8.15. The van der Waals surface area contributed by atoms with Crippen molar-refractivity contribution in [3.63, 3.8) is 0 Å². The molecule has 1 aromatic rings. The molecule has 1 fully saturated rings. The molecular formula is C17H26N2O3. The normalized spacial score (nSPS) is 21.0. The van der Waals surface area contributed by atoms with Crippen molar-refractivity contribution >= 4 is 11.6 Å². The van der Waals surface area contributed by atoms with Crippen LogP contribution < -0.4 is 15.8 Å². The summed E-state index contributed by atoms with van der Waals surface area (Å²) >= 11 is 0. The summed E-state index contributed by atoms with van der Waals surface area (Å²) in [6.07, 6.45) is 3.47.